The first-order chi connectivity index (χ1) is 8.83. The van der Waals surface area contributed by atoms with Crippen molar-refractivity contribution in [2.45, 2.75) is 13.1 Å². The van der Waals surface area contributed by atoms with E-state index in [1.807, 2.05) is 24.3 Å². The quantitative estimate of drug-likeness (QED) is 0.847. The molecule has 0 aliphatic heterocycles. The zero-order valence-corrected chi connectivity index (χ0v) is 10.5. The van der Waals surface area contributed by atoms with Crippen LogP contribution in [0.5, 0.6) is 11.5 Å². The van der Waals surface area contributed by atoms with Crippen molar-refractivity contribution in [2.75, 3.05) is 14.2 Å². The van der Waals surface area contributed by atoms with Crippen LogP contribution in [0.4, 0.5) is 0 Å². The van der Waals surface area contributed by atoms with E-state index in [4.69, 9.17) is 14.0 Å². The van der Waals surface area contributed by atoms with Crippen molar-refractivity contribution in [3.63, 3.8) is 0 Å². The van der Waals surface area contributed by atoms with E-state index in [-0.39, 0.29) is 0 Å². The van der Waals surface area contributed by atoms with E-state index >= 15 is 0 Å². The Morgan fingerprint density at radius 3 is 2.72 bits per heavy atom. The van der Waals surface area contributed by atoms with Crippen LogP contribution >= 0.6 is 0 Å². The molecular weight excluding hydrogens is 232 g/mol. The van der Waals surface area contributed by atoms with E-state index in [1.54, 1.807) is 20.4 Å². The number of aromatic nitrogens is 1. The summed E-state index contributed by atoms with van der Waals surface area (Å²) in [5.41, 5.74) is 1.04. The standard InChI is InChI=1S/C13H16N2O3/c1-16-11-3-4-13(17-2)10(7-11)8-14-9-12-5-6-15-18-12/h3-7,14H,8-9H2,1-2H3. The lowest BCUT2D eigenvalue weighted by Crippen LogP contribution is -2.13. The first-order valence-corrected chi connectivity index (χ1v) is 5.64. The summed E-state index contributed by atoms with van der Waals surface area (Å²) >= 11 is 0. The summed E-state index contributed by atoms with van der Waals surface area (Å²) in [4.78, 5) is 0. The summed E-state index contributed by atoms with van der Waals surface area (Å²) in [6.45, 7) is 1.29. The molecule has 1 aromatic heterocycles. The van der Waals surface area contributed by atoms with Gasteiger partial charge in [0.25, 0.3) is 0 Å². The van der Waals surface area contributed by atoms with Gasteiger partial charge < -0.3 is 19.3 Å². The van der Waals surface area contributed by atoms with Crippen LogP contribution in [0, 0.1) is 0 Å². The molecule has 1 aromatic carbocycles. The maximum Gasteiger partial charge on any atom is 0.150 e. The average Bonchev–Trinajstić information content (AvgIpc) is 2.92. The molecule has 0 bridgehead atoms. The highest BCUT2D eigenvalue weighted by molar-refractivity contribution is 5.40. The fraction of sp³-hybridized carbons (Fsp3) is 0.308. The Hall–Kier alpha value is -2.01. The van der Waals surface area contributed by atoms with Crippen molar-refractivity contribution in [3.8, 4) is 11.5 Å². The molecule has 0 aliphatic rings. The molecule has 96 valence electrons. The van der Waals surface area contributed by atoms with Crippen molar-refractivity contribution >= 4 is 0 Å². The molecule has 18 heavy (non-hydrogen) atoms. The minimum atomic E-state index is 0.625. The monoisotopic (exact) mass is 248 g/mol. The van der Waals surface area contributed by atoms with Crippen LogP contribution in [0.25, 0.3) is 0 Å². The van der Waals surface area contributed by atoms with Crippen LogP contribution in [0.3, 0.4) is 0 Å². The Morgan fingerprint density at radius 2 is 2.06 bits per heavy atom. The number of nitrogens with zero attached hydrogens (tertiary/aromatic N) is 1. The Bertz CT molecular complexity index is 483. The number of benzene rings is 1. The molecule has 5 heteroatoms. The van der Waals surface area contributed by atoms with Crippen molar-refractivity contribution in [1.82, 2.24) is 10.5 Å². The fourth-order valence-corrected chi connectivity index (χ4v) is 1.67. The Morgan fingerprint density at radius 1 is 1.17 bits per heavy atom. The number of nitrogens with one attached hydrogen (secondary N) is 1. The molecule has 0 unspecified atom stereocenters. The van der Waals surface area contributed by atoms with Crippen LogP contribution in [0.2, 0.25) is 0 Å². The molecule has 0 amide bonds. The van der Waals surface area contributed by atoms with Gasteiger partial charge in [0, 0.05) is 18.2 Å². The zero-order valence-electron chi connectivity index (χ0n) is 10.5. The molecule has 1 heterocycles. The Labute approximate surface area is 106 Å². The van der Waals surface area contributed by atoms with Crippen molar-refractivity contribution in [1.29, 1.82) is 0 Å². The molecule has 0 saturated heterocycles. The lowest BCUT2D eigenvalue weighted by Gasteiger charge is -2.10. The number of hydrogen-bond acceptors (Lipinski definition) is 5. The molecule has 0 fully saturated rings. The van der Waals surface area contributed by atoms with Gasteiger partial charge in [-0.1, -0.05) is 5.16 Å². The fourth-order valence-electron chi connectivity index (χ4n) is 1.67. The van der Waals surface area contributed by atoms with E-state index in [0.29, 0.717) is 13.1 Å². The van der Waals surface area contributed by atoms with Crippen LogP contribution in [-0.2, 0) is 13.1 Å². The normalized spacial score (nSPS) is 10.3. The van der Waals surface area contributed by atoms with E-state index in [0.717, 1.165) is 22.8 Å². The van der Waals surface area contributed by atoms with Crippen LogP contribution < -0.4 is 14.8 Å². The van der Waals surface area contributed by atoms with Gasteiger partial charge in [0.1, 0.15) is 17.3 Å². The summed E-state index contributed by atoms with van der Waals surface area (Å²) in [6, 6.07) is 7.55. The summed E-state index contributed by atoms with van der Waals surface area (Å²) in [6.07, 6.45) is 1.63. The highest BCUT2D eigenvalue weighted by Gasteiger charge is 2.05. The highest BCUT2D eigenvalue weighted by atomic mass is 16.5. The first-order valence-electron chi connectivity index (χ1n) is 5.64. The summed E-state index contributed by atoms with van der Waals surface area (Å²) in [5.74, 6) is 2.45. The molecule has 5 nitrogen and oxygen atoms in total. The minimum absolute atomic E-state index is 0.625. The third-order valence-electron chi connectivity index (χ3n) is 2.59. The third kappa shape index (κ3) is 3.01. The summed E-state index contributed by atoms with van der Waals surface area (Å²) in [5, 5.41) is 6.91. The van der Waals surface area contributed by atoms with Crippen molar-refractivity contribution in [2.24, 2.45) is 0 Å². The predicted molar refractivity (Wildman–Crippen MR) is 66.6 cm³/mol. The summed E-state index contributed by atoms with van der Waals surface area (Å²) < 4.78 is 15.5. The van der Waals surface area contributed by atoms with Gasteiger partial charge in [-0.2, -0.15) is 0 Å². The van der Waals surface area contributed by atoms with Gasteiger partial charge in [0.05, 0.1) is 27.0 Å². The van der Waals surface area contributed by atoms with E-state index in [2.05, 4.69) is 10.5 Å². The number of ether oxygens (including phenoxy) is 2. The lowest BCUT2D eigenvalue weighted by atomic mass is 10.2. The van der Waals surface area contributed by atoms with Gasteiger partial charge >= 0.3 is 0 Å². The second-order valence-electron chi connectivity index (χ2n) is 3.76. The molecule has 0 saturated carbocycles. The molecule has 2 rings (SSSR count). The Balaban J connectivity index is 1.98. The SMILES string of the molecule is COc1ccc(OC)c(CNCc2ccno2)c1. The second kappa shape index (κ2) is 6.07. The summed E-state index contributed by atoms with van der Waals surface area (Å²) in [7, 11) is 3.30. The average molecular weight is 248 g/mol. The topological polar surface area (TPSA) is 56.5 Å². The van der Waals surface area contributed by atoms with E-state index < -0.39 is 0 Å². The molecule has 1 N–H and O–H groups in total. The van der Waals surface area contributed by atoms with E-state index in [9.17, 15) is 0 Å². The van der Waals surface area contributed by atoms with Gasteiger partial charge in [-0.15, -0.1) is 0 Å². The van der Waals surface area contributed by atoms with Crippen LogP contribution in [0.15, 0.2) is 35.0 Å². The first kappa shape index (κ1) is 12.4. The maximum atomic E-state index is 5.30. The highest BCUT2D eigenvalue weighted by Crippen LogP contribution is 2.23. The minimum Gasteiger partial charge on any atom is -0.497 e. The van der Waals surface area contributed by atoms with Gasteiger partial charge in [0.2, 0.25) is 0 Å². The lowest BCUT2D eigenvalue weighted by molar-refractivity contribution is 0.370. The second-order valence-corrected chi connectivity index (χ2v) is 3.76. The maximum absolute atomic E-state index is 5.30. The Kier molecular flexibility index (Phi) is 4.20. The predicted octanol–water partition coefficient (Wildman–Crippen LogP) is 1.98. The van der Waals surface area contributed by atoms with E-state index in [1.165, 1.54) is 0 Å². The van der Waals surface area contributed by atoms with Gasteiger partial charge in [0.15, 0.2) is 0 Å². The number of rotatable bonds is 6. The van der Waals surface area contributed by atoms with Crippen LogP contribution in [-0.4, -0.2) is 19.4 Å². The zero-order chi connectivity index (χ0) is 12.8. The van der Waals surface area contributed by atoms with Gasteiger partial charge in [-0.3, -0.25) is 0 Å². The van der Waals surface area contributed by atoms with Gasteiger partial charge in [-0.05, 0) is 18.2 Å². The van der Waals surface area contributed by atoms with Crippen molar-refractivity contribution in [3.05, 3.63) is 41.8 Å². The molecule has 2 aromatic rings. The van der Waals surface area contributed by atoms with Crippen LogP contribution in [0.1, 0.15) is 11.3 Å². The molecule has 0 spiro atoms. The third-order valence-corrected chi connectivity index (χ3v) is 2.59. The largest absolute Gasteiger partial charge is 0.497 e. The molecule has 0 atom stereocenters. The molecular formula is C13H16N2O3. The van der Waals surface area contributed by atoms with Gasteiger partial charge in [-0.25, -0.2) is 0 Å². The number of methoxy groups -OCH3 is 2. The molecule has 0 radical (unpaired) electrons. The number of hydrogen-bond donors (Lipinski definition) is 1. The molecule has 0 aliphatic carbocycles. The van der Waals surface area contributed by atoms with Crippen molar-refractivity contribution < 1.29 is 14.0 Å². The smallest absolute Gasteiger partial charge is 0.150 e.